The molecule has 2 atom stereocenters. The number of hydrogen-bond acceptors (Lipinski definition) is 4. The van der Waals surface area contributed by atoms with E-state index in [2.05, 4.69) is 35.4 Å². The van der Waals surface area contributed by atoms with Crippen LogP contribution in [0.15, 0.2) is 42.5 Å². The number of aromatic amines is 1. The van der Waals surface area contributed by atoms with Gasteiger partial charge in [-0.1, -0.05) is 45.4 Å². The molecule has 1 aliphatic carbocycles. The average Bonchev–Trinajstić information content (AvgIpc) is 3.52. The van der Waals surface area contributed by atoms with Gasteiger partial charge in [0.05, 0.1) is 24.4 Å². The van der Waals surface area contributed by atoms with Crippen molar-refractivity contribution in [1.29, 1.82) is 0 Å². The summed E-state index contributed by atoms with van der Waals surface area (Å²) in [6.45, 7) is 9.07. The lowest BCUT2D eigenvalue weighted by atomic mass is 9.90. The zero-order valence-corrected chi connectivity index (χ0v) is 22.1. The lowest BCUT2D eigenvalue weighted by Gasteiger charge is -2.25. The smallest absolute Gasteiger partial charge is 0.255 e. The number of carbonyl (C=O) groups excluding carboxylic acids is 2. The van der Waals surface area contributed by atoms with E-state index in [9.17, 15) is 14.7 Å². The van der Waals surface area contributed by atoms with Gasteiger partial charge >= 0.3 is 0 Å². The molecule has 5 rings (SSSR count). The van der Waals surface area contributed by atoms with Crippen LogP contribution in [0.1, 0.15) is 89.7 Å². The van der Waals surface area contributed by atoms with Crippen LogP contribution in [0.5, 0.6) is 0 Å². The molecule has 7 nitrogen and oxygen atoms in total. The molecule has 3 aromatic rings. The molecule has 194 valence electrons. The third kappa shape index (κ3) is 4.80. The Morgan fingerprint density at radius 2 is 1.95 bits per heavy atom. The zero-order valence-electron chi connectivity index (χ0n) is 22.1. The SMILES string of the molecule is CCC[C@H](CO)NC(=O)c1ccc([C@@H](C)N2Cc3cc(-c4n[nH]c5c4CC(C)(C)C5)ccc3C2=O)cc1. The van der Waals surface area contributed by atoms with Gasteiger partial charge in [-0.05, 0) is 67.0 Å². The van der Waals surface area contributed by atoms with E-state index in [0.717, 1.165) is 53.6 Å². The molecule has 0 spiro atoms. The Labute approximate surface area is 218 Å². The van der Waals surface area contributed by atoms with Crippen LogP contribution < -0.4 is 5.32 Å². The number of benzene rings is 2. The molecule has 2 amide bonds. The zero-order chi connectivity index (χ0) is 26.3. The Morgan fingerprint density at radius 3 is 2.65 bits per heavy atom. The Bertz CT molecular complexity index is 1330. The van der Waals surface area contributed by atoms with Gasteiger partial charge in [-0.2, -0.15) is 5.10 Å². The Hall–Kier alpha value is -3.45. The van der Waals surface area contributed by atoms with E-state index in [1.54, 1.807) is 12.1 Å². The highest BCUT2D eigenvalue weighted by Gasteiger charge is 2.35. The first-order valence-electron chi connectivity index (χ1n) is 13.2. The van der Waals surface area contributed by atoms with Gasteiger partial charge in [-0.15, -0.1) is 0 Å². The first-order chi connectivity index (χ1) is 17.7. The van der Waals surface area contributed by atoms with Crippen LogP contribution in [-0.2, 0) is 19.4 Å². The molecule has 2 aromatic carbocycles. The summed E-state index contributed by atoms with van der Waals surface area (Å²) in [4.78, 5) is 27.7. The van der Waals surface area contributed by atoms with E-state index in [4.69, 9.17) is 0 Å². The van der Waals surface area contributed by atoms with Crippen LogP contribution in [0.4, 0.5) is 0 Å². The number of carbonyl (C=O) groups is 2. The number of hydrogen-bond donors (Lipinski definition) is 3. The summed E-state index contributed by atoms with van der Waals surface area (Å²) in [6.07, 6.45) is 3.63. The molecular formula is C30H36N4O3. The van der Waals surface area contributed by atoms with E-state index < -0.39 is 0 Å². The van der Waals surface area contributed by atoms with Gasteiger partial charge in [0.1, 0.15) is 0 Å². The number of nitrogens with zero attached hydrogens (tertiary/aromatic N) is 2. The van der Waals surface area contributed by atoms with Crippen molar-refractivity contribution >= 4 is 11.8 Å². The molecule has 0 saturated carbocycles. The highest BCUT2D eigenvalue weighted by atomic mass is 16.3. The average molecular weight is 501 g/mol. The highest BCUT2D eigenvalue weighted by molar-refractivity contribution is 5.99. The fourth-order valence-corrected chi connectivity index (χ4v) is 5.72. The summed E-state index contributed by atoms with van der Waals surface area (Å²) >= 11 is 0. The second-order valence-corrected chi connectivity index (χ2v) is 11.3. The lowest BCUT2D eigenvalue weighted by Crippen LogP contribution is -2.37. The first kappa shape index (κ1) is 25.2. The van der Waals surface area contributed by atoms with Crippen LogP contribution in [0.2, 0.25) is 0 Å². The minimum absolute atomic E-state index is 0.0228. The van der Waals surface area contributed by atoms with E-state index >= 15 is 0 Å². The summed E-state index contributed by atoms with van der Waals surface area (Å²) in [6, 6.07) is 13.1. The minimum Gasteiger partial charge on any atom is -0.394 e. The second-order valence-electron chi connectivity index (χ2n) is 11.3. The molecule has 2 heterocycles. The van der Waals surface area contributed by atoms with Crippen LogP contribution in [0.25, 0.3) is 11.3 Å². The van der Waals surface area contributed by atoms with Crippen LogP contribution in [-0.4, -0.2) is 44.7 Å². The molecule has 1 aromatic heterocycles. The van der Waals surface area contributed by atoms with E-state index in [0.29, 0.717) is 12.1 Å². The maximum absolute atomic E-state index is 13.3. The summed E-state index contributed by atoms with van der Waals surface area (Å²) < 4.78 is 0. The van der Waals surface area contributed by atoms with Crippen LogP contribution in [0, 0.1) is 5.41 Å². The van der Waals surface area contributed by atoms with Crippen molar-refractivity contribution in [2.24, 2.45) is 5.41 Å². The Balaban J connectivity index is 1.30. The van der Waals surface area contributed by atoms with Crippen LogP contribution >= 0.6 is 0 Å². The monoisotopic (exact) mass is 500 g/mol. The topological polar surface area (TPSA) is 98.3 Å². The molecule has 37 heavy (non-hydrogen) atoms. The predicted octanol–water partition coefficient (Wildman–Crippen LogP) is 4.81. The summed E-state index contributed by atoms with van der Waals surface area (Å²) in [5, 5.41) is 20.2. The van der Waals surface area contributed by atoms with Crippen molar-refractivity contribution in [3.05, 3.63) is 76.0 Å². The minimum atomic E-state index is -0.240. The maximum atomic E-state index is 13.3. The molecule has 0 saturated heterocycles. The van der Waals surface area contributed by atoms with Gasteiger partial charge < -0.3 is 15.3 Å². The van der Waals surface area contributed by atoms with Crippen molar-refractivity contribution in [2.75, 3.05) is 6.61 Å². The number of fused-ring (bicyclic) bond motifs is 2. The normalized spacial score (nSPS) is 17.4. The van der Waals surface area contributed by atoms with E-state index in [1.165, 1.54) is 11.3 Å². The highest BCUT2D eigenvalue weighted by Crippen LogP contribution is 2.41. The predicted molar refractivity (Wildman–Crippen MR) is 143 cm³/mol. The fourth-order valence-electron chi connectivity index (χ4n) is 5.72. The third-order valence-corrected chi connectivity index (χ3v) is 7.79. The molecule has 0 fully saturated rings. The Kier molecular flexibility index (Phi) is 6.67. The molecule has 0 unspecified atom stereocenters. The van der Waals surface area contributed by atoms with Crippen molar-refractivity contribution in [1.82, 2.24) is 20.4 Å². The quantitative estimate of drug-likeness (QED) is 0.413. The number of aromatic nitrogens is 2. The molecule has 0 radical (unpaired) electrons. The molecule has 1 aliphatic heterocycles. The maximum Gasteiger partial charge on any atom is 0.255 e. The van der Waals surface area contributed by atoms with Gasteiger partial charge in [0.15, 0.2) is 0 Å². The van der Waals surface area contributed by atoms with Gasteiger partial charge in [-0.3, -0.25) is 14.7 Å². The number of H-pyrrole nitrogens is 1. The van der Waals surface area contributed by atoms with E-state index in [1.807, 2.05) is 43.0 Å². The first-order valence-corrected chi connectivity index (χ1v) is 13.2. The number of aliphatic hydroxyl groups excluding tert-OH is 1. The van der Waals surface area contributed by atoms with Gasteiger partial charge in [0.25, 0.3) is 11.8 Å². The largest absolute Gasteiger partial charge is 0.394 e. The number of nitrogens with one attached hydrogen (secondary N) is 2. The standard InChI is InChI=1S/C30H36N4O3/c1-5-6-23(17-35)31-28(36)20-9-7-19(8-10-20)18(2)34-16-22-13-21(11-12-24(22)29(34)37)27-25-14-30(3,4)15-26(25)32-33-27/h7-13,18,23,35H,5-6,14-17H2,1-4H3,(H,31,36)(H,32,33)/t18-,23-/m1/s1. The molecule has 2 aliphatic rings. The fraction of sp³-hybridized carbons (Fsp3) is 0.433. The molecule has 0 bridgehead atoms. The summed E-state index contributed by atoms with van der Waals surface area (Å²) in [7, 11) is 0. The third-order valence-electron chi connectivity index (χ3n) is 7.79. The summed E-state index contributed by atoms with van der Waals surface area (Å²) in [5.74, 6) is -0.174. The number of aliphatic hydroxyl groups is 1. The van der Waals surface area contributed by atoms with Gasteiger partial charge in [0.2, 0.25) is 0 Å². The van der Waals surface area contributed by atoms with E-state index in [-0.39, 0.29) is 35.9 Å². The van der Waals surface area contributed by atoms with Crippen molar-refractivity contribution in [3.8, 4) is 11.3 Å². The van der Waals surface area contributed by atoms with Crippen molar-refractivity contribution in [3.63, 3.8) is 0 Å². The molecule has 3 N–H and O–H groups in total. The number of rotatable bonds is 8. The van der Waals surface area contributed by atoms with Crippen molar-refractivity contribution < 1.29 is 14.7 Å². The lowest BCUT2D eigenvalue weighted by molar-refractivity contribution is 0.0715. The van der Waals surface area contributed by atoms with Gasteiger partial charge in [-0.25, -0.2) is 0 Å². The number of amides is 2. The summed E-state index contributed by atoms with van der Waals surface area (Å²) in [5.41, 5.74) is 8.08. The molecular weight excluding hydrogens is 464 g/mol. The van der Waals surface area contributed by atoms with Crippen molar-refractivity contribution in [2.45, 2.75) is 72.0 Å². The second kappa shape index (κ2) is 9.78. The van der Waals surface area contributed by atoms with Gasteiger partial charge in [0, 0.05) is 34.5 Å². The Morgan fingerprint density at radius 1 is 1.19 bits per heavy atom. The molecule has 7 heteroatoms. The van der Waals surface area contributed by atoms with Crippen LogP contribution in [0.3, 0.4) is 0 Å².